The van der Waals surface area contributed by atoms with E-state index in [4.69, 9.17) is 0 Å². The summed E-state index contributed by atoms with van der Waals surface area (Å²) in [5, 5.41) is 24.3. The van der Waals surface area contributed by atoms with Crippen molar-refractivity contribution in [1.82, 2.24) is 14.7 Å². The Labute approximate surface area is 155 Å². The van der Waals surface area contributed by atoms with Gasteiger partial charge in [-0.3, -0.25) is 19.6 Å². The topological polar surface area (TPSA) is 119 Å². The standard InChI is InChI=1S/C18H20N4O5/c1-20-11-15(22(26)27)16(19-20)17(23)21-8-6-12(7-9-21)10-13-4-2-3-5-14(13)18(24)25/h2-5,11-12H,6-10H2,1H3,(H,24,25). The second-order valence-corrected chi connectivity index (χ2v) is 6.70. The van der Waals surface area contributed by atoms with Gasteiger partial charge in [0, 0.05) is 20.1 Å². The number of rotatable bonds is 5. The highest BCUT2D eigenvalue weighted by Crippen LogP contribution is 2.26. The van der Waals surface area contributed by atoms with Crippen molar-refractivity contribution in [2.24, 2.45) is 13.0 Å². The molecule has 1 aliphatic heterocycles. The summed E-state index contributed by atoms with van der Waals surface area (Å²) < 4.78 is 1.26. The van der Waals surface area contributed by atoms with Gasteiger partial charge in [0.05, 0.1) is 10.5 Å². The van der Waals surface area contributed by atoms with Crippen LogP contribution in [0.1, 0.15) is 39.3 Å². The van der Waals surface area contributed by atoms with Gasteiger partial charge in [0.1, 0.15) is 6.20 Å². The summed E-state index contributed by atoms with van der Waals surface area (Å²) in [7, 11) is 1.54. The Kier molecular flexibility index (Phi) is 5.20. The fraction of sp³-hybridized carbons (Fsp3) is 0.389. The van der Waals surface area contributed by atoms with Crippen molar-refractivity contribution in [1.29, 1.82) is 0 Å². The lowest BCUT2D eigenvalue weighted by atomic mass is 9.88. The van der Waals surface area contributed by atoms with E-state index in [1.807, 2.05) is 12.1 Å². The van der Waals surface area contributed by atoms with Crippen molar-refractivity contribution in [3.8, 4) is 0 Å². The summed E-state index contributed by atoms with van der Waals surface area (Å²) in [5.41, 5.74) is 0.660. The molecule has 0 spiro atoms. The van der Waals surface area contributed by atoms with Crippen molar-refractivity contribution in [2.75, 3.05) is 13.1 Å². The van der Waals surface area contributed by atoms with Gasteiger partial charge < -0.3 is 10.0 Å². The number of benzene rings is 1. The molecule has 1 fully saturated rings. The maximum absolute atomic E-state index is 12.6. The SMILES string of the molecule is Cn1cc([N+](=O)[O-])c(C(=O)N2CCC(Cc3ccccc3C(=O)O)CC2)n1. The molecule has 1 aliphatic rings. The van der Waals surface area contributed by atoms with E-state index in [2.05, 4.69) is 5.10 Å². The van der Waals surface area contributed by atoms with Crippen LogP contribution < -0.4 is 0 Å². The molecular weight excluding hydrogens is 352 g/mol. The van der Waals surface area contributed by atoms with Crippen molar-refractivity contribution in [2.45, 2.75) is 19.3 Å². The average molecular weight is 372 g/mol. The number of nitrogens with zero attached hydrogens (tertiary/aromatic N) is 4. The number of hydrogen-bond donors (Lipinski definition) is 1. The van der Waals surface area contributed by atoms with Gasteiger partial charge >= 0.3 is 11.7 Å². The Bertz CT molecular complexity index is 884. The van der Waals surface area contributed by atoms with E-state index >= 15 is 0 Å². The number of piperidine rings is 1. The number of carbonyl (C=O) groups excluding carboxylic acids is 1. The molecule has 0 radical (unpaired) electrons. The molecule has 1 N–H and O–H groups in total. The Morgan fingerprint density at radius 2 is 1.96 bits per heavy atom. The third-order valence-electron chi connectivity index (χ3n) is 4.87. The van der Waals surface area contributed by atoms with Gasteiger partial charge in [0.2, 0.25) is 5.69 Å². The minimum atomic E-state index is -0.944. The van der Waals surface area contributed by atoms with E-state index in [1.54, 1.807) is 17.0 Å². The van der Waals surface area contributed by atoms with Crippen LogP contribution in [0.25, 0.3) is 0 Å². The van der Waals surface area contributed by atoms with Crippen LogP contribution in [0, 0.1) is 16.0 Å². The quantitative estimate of drug-likeness (QED) is 0.634. The van der Waals surface area contributed by atoms with E-state index in [1.165, 1.54) is 17.9 Å². The van der Waals surface area contributed by atoms with Crippen LogP contribution in [-0.2, 0) is 13.5 Å². The van der Waals surface area contributed by atoms with Crippen LogP contribution in [-0.4, -0.2) is 49.7 Å². The first-order valence-electron chi connectivity index (χ1n) is 8.65. The highest BCUT2D eigenvalue weighted by Gasteiger charge is 2.31. The number of carboxylic acids is 1. The lowest BCUT2D eigenvalue weighted by Gasteiger charge is -2.31. The number of hydrogen-bond acceptors (Lipinski definition) is 5. The van der Waals surface area contributed by atoms with Crippen LogP contribution in [0.2, 0.25) is 0 Å². The van der Waals surface area contributed by atoms with Gasteiger partial charge in [-0.1, -0.05) is 18.2 Å². The third kappa shape index (κ3) is 3.97. The molecule has 27 heavy (non-hydrogen) atoms. The van der Waals surface area contributed by atoms with Crippen molar-refractivity contribution in [3.05, 3.63) is 57.4 Å². The summed E-state index contributed by atoms with van der Waals surface area (Å²) in [6, 6.07) is 6.93. The highest BCUT2D eigenvalue weighted by molar-refractivity contribution is 5.96. The molecule has 0 aliphatic carbocycles. The minimum Gasteiger partial charge on any atom is -0.478 e. The lowest BCUT2D eigenvalue weighted by molar-refractivity contribution is -0.385. The number of aryl methyl sites for hydroxylation is 1. The molecule has 1 aromatic carbocycles. The second-order valence-electron chi connectivity index (χ2n) is 6.70. The van der Waals surface area contributed by atoms with Crippen LogP contribution in [0.15, 0.2) is 30.5 Å². The summed E-state index contributed by atoms with van der Waals surface area (Å²) in [6.07, 6.45) is 3.28. The van der Waals surface area contributed by atoms with E-state index < -0.39 is 16.8 Å². The number of aromatic nitrogens is 2. The van der Waals surface area contributed by atoms with Gasteiger partial charge in [-0.05, 0) is 36.8 Å². The van der Waals surface area contributed by atoms with Crippen LogP contribution in [0.3, 0.4) is 0 Å². The fourth-order valence-electron chi connectivity index (χ4n) is 3.47. The summed E-state index contributed by atoms with van der Waals surface area (Å²) >= 11 is 0. The first kappa shape index (κ1) is 18.6. The number of carboxylic acid groups (broad SMARTS) is 1. The van der Waals surface area contributed by atoms with Crippen LogP contribution in [0.5, 0.6) is 0 Å². The number of nitro groups is 1. The molecule has 9 nitrogen and oxygen atoms in total. The molecule has 1 amide bonds. The van der Waals surface area contributed by atoms with Gasteiger partial charge in [-0.2, -0.15) is 5.10 Å². The van der Waals surface area contributed by atoms with Gasteiger partial charge in [-0.15, -0.1) is 0 Å². The van der Waals surface area contributed by atoms with Crippen molar-refractivity contribution < 1.29 is 19.6 Å². The fourth-order valence-corrected chi connectivity index (χ4v) is 3.47. The smallest absolute Gasteiger partial charge is 0.335 e. The van der Waals surface area contributed by atoms with Gasteiger partial charge in [-0.25, -0.2) is 4.79 Å². The maximum Gasteiger partial charge on any atom is 0.335 e. The molecule has 0 atom stereocenters. The molecule has 9 heteroatoms. The van der Waals surface area contributed by atoms with E-state index in [0.717, 1.165) is 5.56 Å². The van der Waals surface area contributed by atoms with E-state index in [-0.39, 0.29) is 17.3 Å². The van der Waals surface area contributed by atoms with Gasteiger partial charge in [0.25, 0.3) is 5.91 Å². The number of amides is 1. The van der Waals surface area contributed by atoms with Crippen molar-refractivity contribution in [3.63, 3.8) is 0 Å². The molecule has 0 saturated carbocycles. The molecule has 0 unspecified atom stereocenters. The van der Waals surface area contributed by atoms with Crippen LogP contribution >= 0.6 is 0 Å². The highest BCUT2D eigenvalue weighted by atomic mass is 16.6. The Balaban J connectivity index is 1.65. The Morgan fingerprint density at radius 1 is 1.30 bits per heavy atom. The maximum atomic E-state index is 12.6. The predicted molar refractivity (Wildman–Crippen MR) is 95.6 cm³/mol. The normalized spacial score (nSPS) is 14.9. The summed E-state index contributed by atoms with van der Waals surface area (Å²) in [4.78, 5) is 36.0. The minimum absolute atomic E-state index is 0.142. The molecule has 1 saturated heterocycles. The second kappa shape index (κ2) is 7.56. The van der Waals surface area contributed by atoms with E-state index in [0.29, 0.717) is 37.9 Å². The summed E-state index contributed by atoms with van der Waals surface area (Å²) in [6.45, 7) is 0.929. The molecule has 1 aromatic heterocycles. The van der Waals surface area contributed by atoms with Crippen LogP contribution in [0.4, 0.5) is 5.69 Å². The molecule has 0 bridgehead atoms. The third-order valence-corrected chi connectivity index (χ3v) is 4.87. The lowest BCUT2D eigenvalue weighted by Crippen LogP contribution is -2.39. The molecule has 2 heterocycles. The predicted octanol–water partition coefficient (Wildman–Crippen LogP) is 2.12. The largest absolute Gasteiger partial charge is 0.478 e. The zero-order chi connectivity index (χ0) is 19.6. The molecule has 2 aromatic rings. The zero-order valence-electron chi connectivity index (χ0n) is 14.9. The number of carbonyl (C=O) groups is 2. The average Bonchev–Trinajstić information content (AvgIpc) is 3.04. The Hall–Kier alpha value is -3.23. The van der Waals surface area contributed by atoms with Crippen molar-refractivity contribution >= 4 is 17.6 Å². The zero-order valence-corrected chi connectivity index (χ0v) is 14.9. The van der Waals surface area contributed by atoms with E-state index in [9.17, 15) is 24.8 Å². The van der Waals surface area contributed by atoms with Gasteiger partial charge in [0.15, 0.2) is 0 Å². The number of aromatic carboxylic acids is 1. The first-order valence-corrected chi connectivity index (χ1v) is 8.65. The number of likely N-dealkylation sites (tertiary alicyclic amines) is 1. The summed E-state index contributed by atoms with van der Waals surface area (Å²) in [5.74, 6) is -1.12. The first-order chi connectivity index (χ1) is 12.9. The molecule has 142 valence electrons. The molecular formula is C18H20N4O5. The Morgan fingerprint density at radius 3 is 2.59 bits per heavy atom. The monoisotopic (exact) mass is 372 g/mol. The molecule has 3 rings (SSSR count).